The quantitative estimate of drug-likeness (QED) is 0.215. The van der Waals surface area contributed by atoms with Gasteiger partial charge in [0, 0.05) is 17.7 Å². The van der Waals surface area contributed by atoms with Crippen LogP contribution in [-0.2, 0) is 11.3 Å². The molecule has 176 valence electrons. The fraction of sp³-hybridized carbons (Fsp3) is 0.0769. The van der Waals surface area contributed by atoms with Crippen LogP contribution in [0.4, 0.5) is 5.69 Å². The number of hydrogen-bond donors (Lipinski definition) is 2. The van der Waals surface area contributed by atoms with Gasteiger partial charge in [0.05, 0.1) is 23.3 Å². The normalized spacial score (nSPS) is 11.2. The van der Waals surface area contributed by atoms with Gasteiger partial charge in [-0.3, -0.25) is 19.7 Å². The summed E-state index contributed by atoms with van der Waals surface area (Å²) in [4.78, 5) is 36.6. The molecule has 35 heavy (non-hydrogen) atoms. The highest BCUT2D eigenvalue weighted by Crippen LogP contribution is 2.31. The minimum absolute atomic E-state index is 0.0643. The third kappa shape index (κ3) is 5.72. The SMILES string of the molecule is Cc1ccc(C(=O)N/C(=C/c2ccc(-c3ccccc3[N+](=O)[O-])o2)C(=O)NCc2ccco2)cc1. The molecule has 4 aromatic rings. The number of aryl methyl sites for hydroxylation is 1. The maximum Gasteiger partial charge on any atom is 0.280 e. The first-order valence-electron chi connectivity index (χ1n) is 10.6. The Morgan fingerprint density at radius 3 is 2.49 bits per heavy atom. The van der Waals surface area contributed by atoms with Gasteiger partial charge >= 0.3 is 0 Å². The lowest BCUT2D eigenvalue weighted by Gasteiger charge is -2.10. The number of hydrogen-bond acceptors (Lipinski definition) is 6. The standard InChI is InChI=1S/C26H21N3O6/c1-17-8-10-18(11-9-17)25(30)28-22(26(31)27-16-20-5-4-14-34-20)15-19-12-13-24(35-19)21-6-2-3-7-23(21)29(32)33/h2-15H,16H2,1H3,(H,27,31)(H,28,30)/b22-15+. The van der Waals surface area contributed by atoms with Crippen molar-refractivity contribution in [2.24, 2.45) is 0 Å². The van der Waals surface area contributed by atoms with Crippen LogP contribution >= 0.6 is 0 Å². The number of nitrogens with one attached hydrogen (secondary N) is 2. The maximum atomic E-state index is 12.9. The summed E-state index contributed by atoms with van der Waals surface area (Å²) in [6.07, 6.45) is 2.85. The van der Waals surface area contributed by atoms with Crippen LogP contribution in [0.3, 0.4) is 0 Å². The zero-order valence-electron chi connectivity index (χ0n) is 18.7. The smallest absolute Gasteiger partial charge is 0.280 e. The highest BCUT2D eigenvalue weighted by molar-refractivity contribution is 6.05. The van der Waals surface area contributed by atoms with E-state index in [9.17, 15) is 19.7 Å². The molecule has 0 saturated heterocycles. The number of carbonyl (C=O) groups is 2. The number of nitrogens with zero attached hydrogens (tertiary/aromatic N) is 1. The highest BCUT2D eigenvalue weighted by Gasteiger charge is 2.19. The number of nitro groups is 1. The van der Waals surface area contributed by atoms with Crippen LogP contribution in [0.25, 0.3) is 17.4 Å². The Bertz CT molecular complexity index is 1380. The molecule has 9 nitrogen and oxygen atoms in total. The number of rotatable bonds is 8. The molecule has 0 atom stereocenters. The fourth-order valence-corrected chi connectivity index (χ4v) is 3.29. The average molecular weight is 471 g/mol. The molecule has 2 aromatic carbocycles. The lowest BCUT2D eigenvalue weighted by atomic mass is 10.1. The van der Waals surface area contributed by atoms with Gasteiger partial charge in [-0.05, 0) is 49.4 Å². The molecule has 0 fully saturated rings. The molecule has 0 aliphatic carbocycles. The Morgan fingerprint density at radius 2 is 1.77 bits per heavy atom. The molecule has 0 saturated carbocycles. The van der Waals surface area contributed by atoms with Crippen molar-refractivity contribution in [2.45, 2.75) is 13.5 Å². The van der Waals surface area contributed by atoms with Gasteiger partial charge in [-0.2, -0.15) is 0 Å². The fourth-order valence-electron chi connectivity index (χ4n) is 3.29. The lowest BCUT2D eigenvalue weighted by Crippen LogP contribution is -2.34. The monoisotopic (exact) mass is 471 g/mol. The highest BCUT2D eigenvalue weighted by atomic mass is 16.6. The molecule has 0 radical (unpaired) electrons. The van der Waals surface area contributed by atoms with Crippen LogP contribution in [0.1, 0.15) is 27.4 Å². The van der Waals surface area contributed by atoms with Crippen LogP contribution in [0.5, 0.6) is 0 Å². The van der Waals surface area contributed by atoms with E-state index in [1.807, 2.05) is 6.92 Å². The van der Waals surface area contributed by atoms with Gasteiger partial charge in [0.1, 0.15) is 23.0 Å². The number of nitro benzene ring substituents is 1. The summed E-state index contributed by atoms with van der Waals surface area (Å²) in [5.74, 6) is -0.0196. The van der Waals surface area contributed by atoms with Gasteiger partial charge in [0.25, 0.3) is 17.5 Å². The molecule has 0 aliphatic heterocycles. The summed E-state index contributed by atoms with van der Waals surface area (Å²) < 4.78 is 11.0. The van der Waals surface area contributed by atoms with E-state index in [-0.39, 0.29) is 29.4 Å². The Balaban J connectivity index is 1.62. The summed E-state index contributed by atoms with van der Waals surface area (Å²) in [5.41, 5.74) is 1.49. The maximum absolute atomic E-state index is 12.9. The zero-order chi connectivity index (χ0) is 24.8. The Labute approximate surface area is 200 Å². The van der Waals surface area contributed by atoms with E-state index in [1.165, 1.54) is 18.4 Å². The molecule has 2 heterocycles. The summed E-state index contributed by atoms with van der Waals surface area (Å²) in [6, 6.07) is 19.6. The Morgan fingerprint density at radius 1 is 1.00 bits per heavy atom. The number of amides is 2. The van der Waals surface area contributed by atoms with Crippen LogP contribution in [0.15, 0.2) is 93.6 Å². The molecular weight excluding hydrogens is 450 g/mol. The van der Waals surface area contributed by atoms with E-state index in [4.69, 9.17) is 8.83 Å². The van der Waals surface area contributed by atoms with Gasteiger partial charge in [-0.1, -0.05) is 29.8 Å². The Kier molecular flexibility index (Phi) is 6.87. The van der Waals surface area contributed by atoms with E-state index < -0.39 is 16.7 Å². The molecular formula is C26H21N3O6. The van der Waals surface area contributed by atoms with Crippen molar-refractivity contribution in [3.05, 3.63) is 118 Å². The van der Waals surface area contributed by atoms with Crippen LogP contribution in [0.2, 0.25) is 0 Å². The first kappa shape index (κ1) is 23.2. The second kappa shape index (κ2) is 10.3. The van der Waals surface area contributed by atoms with E-state index >= 15 is 0 Å². The van der Waals surface area contributed by atoms with E-state index in [0.29, 0.717) is 16.9 Å². The summed E-state index contributed by atoms with van der Waals surface area (Å²) >= 11 is 0. The summed E-state index contributed by atoms with van der Waals surface area (Å²) in [7, 11) is 0. The number of benzene rings is 2. The van der Waals surface area contributed by atoms with Gasteiger partial charge in [0.15, 0.2) is 0 Å². The third-order valence-corrected chi connectivity index (χ3v) is 5.09. The average Bonchev–Trinajstić information content (AvgIpc) is 3.55. The molecule has 2 amide bonds. The topological polar surface area (TPSA) is 128 Å². The van der Waals surface area contributed by atoms with Crippen molar-refractivity contribution in [3.8, 4) is 11.3 Å². The first-order chi connectivity index (χ1) is 16.9. The number of carbonyl (C=O) groups excluding carboxylic acids is 2. The van der Waals surface area contributed by atoms with Crippen molar-refractivity contribution >= 4 is 23.6 Å². The number of para-hydroxylation sites is 1. The molecule has 9 heteroatoms. The molecule has 0 spiro atoms. The molecule has 2 aromatic heterocycles. The van der Waals surface area contributed by atoms with Gasteiger partial charge in [-0.25, -0.2) is 0 Å². The molecule has 0 bridgehead atoms. The molecule has 2 N–H and O–H groups in total. The minimum atomic E-state index is -0.564. The number of furan rings is 2. The first-order valence-corrected chi connectivity index (χ1v) is 10.6. The summed E-state index contributed by atoms with van der Waals surface area (Å²) in [5, 5.41) is 16.7. The van der Waals surface area contributed by atoms with Crippen LogP contribution in [-0.4, -0.2) is 16.7 Å². The van der Waals surface area contributed by atoms with E-state index in [2.05, 4.69) is 10.6 Å². The second-order valence-corrected chi connectivity index (χ2v) is 7.62. The zero-order valence-corrected chi connectivity index (χ0v) is 18.7. The third-order valence-electron chi connectivity index (χ3n) is 5.09. The lowest BCUT2D eigenvalue weighted by molar-refractivity contribution is -0.384. The van der Waals surface area contributed by atoms with Gasteiger partial charge in [-0.15, -0.1) is 0 Å². The van der Waals surface area contributed by atoms with Crippen molar-refractivity contribution in [1.82, 2.24) is 10.6 Å². The van der Waals surface area contributed by atoms with Crippen molar-refractivity contribution in [2.75, 3.05) is 0 Å². The van der Waals surface area contributed by atoms with Gasteiger partial charge < -0.3 is 19.5 Å². The molecule has 4 rings (SSSR count). The Hall–Kier alpha value is -4.92. The van der Waals surface area contributed by atoms with Crippen LogP contribution < -0.4 is 10.6 Å². The largest absolute Gasteiger partial charge is 0.467 e. The predicted molar refractivity (Wildman–Crippen MR) is 128 cm³/mol. The van der Waals surface area contributed by atoms with Crippen LogP contribution in [0, 0.1) is 17.0 Å². The second-order valence-electron chi connectivity index (χ2n) is 7.62. The molecule has 0 unspecified atom stereocenters. The summed E-state index contributed by atoms with van der Waals surface area (Å²) in [6.45, 7) is 2.02. The predicted octanol–water partition coefficient (Wildman–Crippen LogP) is 4.84. The van der Waals surface area contributed by atoms with Crippen molar-refractivity contribution in [3.63, 3.8) is 0 Å². The van der Waals surface area contributed by atoms with E-state index in [1.54, 1.807) is 66.7 Å². The molecule has 0 aliphatic rings. The van der Waals surface area contributed by atoms with Gasteiger partial charge in [0.2, 0.25) is 0 Å². The van der Waals surface area contributed by atoms with E-state index in [0.717, 1.165) is 5.56 Å². The minimum Gasteiger partial charge on any atom is -0.467 e. The van der Waals surface area contributed by atoms with Crippen molar-refractivity contribution < 1.29 is 23.3 Å². The van der Waals surface area contributed by atoms with Crippen molar-refractivity contribution in [1.29, 1.82) is 0 Å².